The first-order valence-corrected chi connectivity index (χ1v) is 14.7. The first-order chi connectivity index (χ1) is 18.2. The number of aromatic nitrogens is 2. The summed E-state index contributed by atoms with van der Waals surface area (Å²) in [4.78, 5) is 29.8. The molecular weight excluding hydrogens is 501 g/mol. The van der Waals surface area contributed by atoms with Gasteiger partial charge in [0.15, 0.2) is 0 Å². The Morgan fingerprint density at radius 3 is 2.58 bits per heavy atom. The zero-order valence-corrected chi connectivity index (χ0v) is 24.1. The van der Waals surface area contributed by atoms with Crippen LogP contribution in [0, 0.1) is 24.2 Å². The normalized spacial score (nSPS) is 20.2. The minimum Gasteiger partial charge on any atom is -0.354 e. The first kappa shape index (κ1) is 29.9. The molecule has 2 aromatic rings. The van der Waals surface area contributed by atoms with Gasteiger partial charge >= 0.3 is 5.69 Å². The van der Waals surface area contributed by atoms with Gasteiger partial charge in [-0.2, -0.15) is 10.2 Å². The number of amides is 1. The number of ether oxygens (including phenoxy) is 1. The number of aryl methyl sites for hydroxylation is 1. The van der Waals surface area contributed by atoms with Crippen LogP contribution in [0.2, 0.25) is 0 Å². The Kier molecular flexibility index (Phi) is 11.0. The molecule has 1 aromatic heterocycles. The monoisotopic (exact) mass is 541 g/mol. The Labute approximate surface area is 227 Å². The van der Waals surface area contributed by atoms with Crippen molar-refractivity contribution in [3.63, 3.8) is 0 Å². The molecule has 2 unspecified atom stereocenters. The van der Waals surface area contributed by atoms with Crippen molar-refractivity contribution in [1.82, 2.24) is 14.2 Å². The van der Waals surface area contributed by atoms with E-state index >= 15 is 0 Å². The average Bonchev–Trinajstić information content (AvgIpc) is 3.28. The maximum absolute atomic E-state index is 13.0. The number of anilines is 1. The minimum absolute atomic E-state index is 0.0181. The third kappa shape index (κ3) is 7.48. The van der Waals surface area contributed by atoms with Crippen LogP contribution >= 0.6 is 8.30 Å². The molecule has 1 aromatic carbocycles. The number of hydrogen-bond donors (Lipinski definition) is 1. The summed E-state index contributed by atoms with van der Waals surface area (Å²) in [5, 5.41) is 11.8. The molecule has 0 saturated carbocycles. The highest BCUT2D eigenvalue weighted by Crippen LogP contribution is 2.50. The second-order valence-corrected chi connectivity index (χ2v) is 11.9. The van der Waals surface area contributed by atoms with Gasteiger partial charge < -0.3 is 14.6 Å². The third-order valence-corrected chi connectivity index (χ3v) is 9.34. The van der Waals surface area contributed by atoms with E-state index in [4.69, 9.17) is 14.5 Å². The maximum Gasteiger partial charge on any atom is 0.351 e. The summed E-state index contributed by atoms with van der Waals surface area (Å²) in [7, 11) is -0.945. The van der Waals surface area contributed by atoms with Crippen LogP contribution in [0.3, 0.4) is 0 Å². The summed E-state index contributed by atoms with van der Waals surface area (Å²) in [6.45, 7) is 13.0. The van der Waals surface area contributed by atoms with Crippen molar-refractivity contribution < 1.29 is 14.1 Å². The van der Waals surface area contributed by atoms with E-state index in [1.807, 2.05) is 13.0 Å². The lowest BCUT2D eigenvalue weighted by Gasteiger charge is -2.38. The molecule has 0 spiro atoms. The van der Waals surface area contributed by atoms with Gasteiger partial charge in [-0.05, 0) is 65.5 Å². The number of carbonyl (C=O) groups is 1. The second-order valence-electron chi connectivity index (χ2n) is 10.2. The Morgan fingerprint density at radius 1 is 1.29 bits per heavy atom. The number of hydrogen-bond acceptors (Lipinski definition) is 7. The molecular formula is C28H40N5O4P. The van der Waals surface area contributed by atoms with Gasteiger partial charge in [0, 0.05) is 35.6 Å². The Morgan fingerprint density at radius 2 is 1.97 bits per heavy atom. The molecule has 38 heavy (non-hydrogen) atoms. The fourth-order valence-electron chi connectivity index (χ4n) is 4.97. The smallest absolute Gasteiger partial charge is 0.351 e. The van der Waals surface area contributed by atoms with E-state index < -0.39 is 20.2 Å². The number of rotatable bonds is 12. The van der Waals surface area contributed by atoms with E-state index in [1.165, 1.54) is 4.57 Å². The predicted molar refractivity (Wildman–Crippen MR) is 150 cm³/mol. The third-order valence-electron chi connectivity index (χ3n) is 6.64. The molecule has 1 aliphatic heterocycles. The summed E-state index contributed by atoms with van der Waals surface area (Å²) in [6.07, 6.45) is 3.91. The SMILES string of the molecule is CC[C@H]1OC(n2cc(C)c(NC(=O)c3ccccc3)nc2=O)C[C@@H]1CP(OCCC#N)N(C(C)C)C(C)C. The standard InChI is InChI=1S/C28H40N5O4P/c1-7-24-23(18-38(36-15-11-14-29)33(19(2)3)20(4)5)16-25(37-24)32-17-21(6)26(31-28(32)35)30-27(34)22-12-9-8-10-13-22/h8-10,12-13,17,19-20,23-25H,7,11,15-16,18H2,1-6H3,(H,30,31,34,35)/t23-,24-,25?,38?/m1/s1. The first-order valence-electron chi connectivity index (χ1n) is 13.3. The van der Waals surface area contributed by atoms with Crippen molar-refractivity contribution >= 4 is 20.0 Å². The highest BCUT2D eigenvalue weighted by atomic mass is 31.2. The molecule has 4 atom stereocenters. The van der Waals surface area contributed by atoms with E-state index in [0.29, 0.717) is 42.7 Å². The molecule has 1 saturated heterocycles. The number of carbonyl (C=O) groups excluding carboxylic acids is 1. The Balaban J connectivity index is 1.78. The summed E-state index contributed by atoms with van der Waals surface area (Å²) >= 11 is 0. The van der Waals surface area contributed by atoms with Gasteiger partial charge in [0.2, 0.25) is 0 Å². The van der Waals surface area contributed by atoms with Crippen LogP contribution in [-0.4, -0.2) is 51.1 Å². The zero-order chi connectivity index (χ0) is 27.8. The van der Waals surface area contributed by atoms with Crippen LogP contribution in [0.15, 0.2) is 41.3 Å². The Bertz CT molecular complexity index is 1160. The lowest BCUT2D eigenvalue weighted by Crippen LogP contribution is -2.35. The zero-order valence-electron chi connectivity index (χ0n) is 23.3. The Hall–Kier alpha value is -2.63. The molecule has 206 valence electrons. The van der Waals surface area contributed by atoms with Crippen molar-refractivity contribution in [1.29, 1.82) is 5.26 Å². The van der Waals surface area contributed by atoms with Crippen molar-refractivity contribution in [2.75, 3.05) is 18.1 Å². The van der Waals surface area contributed by atoms with Crippen molar-refractivity contribution in [3.8, 4) is 6.07 Å². The van der Waals surface area contributed by atoms with E-state index in [2.05, 4.69) is 55.7 Å². The van der Waals surface area contributed by atoms with Gasteiger partial charge in [-0.3, -0.25) is 14.0 Å². The van der Waals surface area contributed by atoms with Gasteiger partial charge in [0.25, 0.3) is 5.91 Å². The molecule has 0 bridgehead atoms. The highest BCUT2D eigenvalue weighted by Gasteiger charge is 2.39. The molecule has 10 heteroatoms. The van der Waals surface area contributed by atoms with E-state index in [9.17, 15) is 9.59 Å². The highest BCUT2D eigenvalue weighted by molar-refractivity contribution is 7.50. The lowest BCUT2D eigenvalue weighted by atomic mass is 10.0. The van der Waals surface area contributed by atoms with Gasteiger partial charge in [-0.15, -0.1) is 0 Å². The van der Waals surface area contributed by atoms with Crippen molar-refractivity contribution in [2.45, 2.75) is 85.2 Å². The van der Waals surface area contributed by atoms with Gasteiger partial charge in [0.05, 0.1) is 25.2 Å². The number of nitriles is 1. The fraction of sp³-hybridized carbons (Fsp3) is 0.571. The molecule has 0 radical (unpaired) electrons. The topological polar surface area (TPSA) is 109 Å². The van der Waals surface area contributed by atoms with Crippen molar-refractivity contribution in [2.24, 2.45) is 5.92 Å². The number of nitrogens with zero attached hydrogens (tertiary/aromatic N) is 4. The van der Waals surface area contributed by atoms with E-state index in [-0.39, 0.29) is 23.7 Å². The largest absolute Gasteiger partial charge is 0.354 e. The quantitative estimate of drug-likeness (QED) is 0.280. The summed E-state index contributed by atoms with van der Waals surface area (Å²) < 4.78 is 16.6. The van der Waals surface area contributed by atoms with Crippen LogP contribution in [0.25, 0.3) is 0 Å². The summed E-state index contributed by atoms with van der Waals surface area (Å²) in [5.41, 5.74) is 0.718. The van der Waals surface area contributed by atoms with Crippen LogP contribution in [0.1, 0.15) is 76.0 Å². The molecule has 1 N–H and O–H groups in total. The van der Waals surface area contributed by atoms with Crippen LogP contribution in [-0.2, 0) is 9.26 Å². The molecule has 2 heterocycles. The molecule has 1 amide bonds. The van der Waals surface area contributed by atoms with Crippen molar-refractivity contribution in [3.05, 3.63) is 58.1 Å². The van der Waals surface area contributed by atoms with Gasteiger partial charge in [0.1, 0.15) is 20.3 Å². The molecule has 3 rings (SSSR count). The molecule has 0 aliphatic carbocycles. The summed E-state index contributed by atoms with van der Waals surface area (Å²) in [6, 6.07) is 11.6. The van der Waals surface area contributed by atoms with Crippen LogP contribution < -0.4 is 11.0 Å². The molecule has 9 nitrogen and oxygen atoms in total. The number of nitrogens with one attached hydrogen (secondary N) is 1. The predicted octanol–water partition coefficient (Wildman–Crippen LogP) is 5.48. The minimum atomic E-state index is -0.945. The molecule has 1 fully saturated rings. The average molecular weight is 542 g/mol. The fourth-order valence-corrected chi connectivity index (χ4v) is 7.52. The van der Waals surface area contributed by atoms with Crippen LogP contribution in [0.5, 0.6) is 0 Å². The number of benzene rings is 1. The second kappa shape index (κ2) is 14.0. The summed E-state index contributed by atoms with van der Waals surface area (Å²) in [5.74, 6) is 0.134. The maximum atomic E-state index is 13.0. The van der Waals surface area contributed by atoms with Gasteiger partial charge in [-0.25, -0.2) is 4.79 Å². The van der Waals surface area contributed by atoms with E-state index in [0.717, 1.165) is 12.6 Å². The van der Waals surface area contributed by atoms with Gasteiger partial charge in [-0.1, -0.05) is 25.1 Å². The lowest BCUT2D eigenvalue weighted by molar-refractivity contribution is -0.00754. The van der Waals surface area contributed by atoms with Crippen LogP contribution in [0.4, 0.5) is 5.82 Å². The van der Waals surface area contributed by atoms with E-state index in [1.54, 1.807) is 30.5 Å². The molecule has 1 aliphatic rings.